The van der Waals surface area contributed by atoms with Crippen molar-refractivity contribution in [3.8, 4) is 0 Å². The summed E-state index contributed by atoms with van der Waals surface area (Å²) in [5, 5.41) is 6.88. The van der Waals surface area contributed by atoms with Gasteiger partial charge in [-0.1, -0.05) is 41.4 Å². The largest absolute Gasteiger partial charge is 0.349 e. The summed E-state index contributed by atoms with van der Waals surface area (Å²) < 4.78 is 0. The van der Waals surface area contributed by atoms with Crippen molar-refractivity contribution in [3.05, 3.63) is 75.3 Å². The molecule has 0 bridgehead atoms. The molecule has 1 atom stereocenters. The number of amides is 2. The first-order chi connectivity index (χ1) is 12.9. The summed E-state index contributed by atoms with van der Waals surface area (Å²) >= 11 is 12.1. The van der Waals surface area contributed by atoms with Crippen molar-refractivity contribution < 1.29 is 9.59 Å². The maximum Gasteiger partial charge on any atom is 0.251 e. The fraction of sp³-hybridized carbons (Fsp3) is 0.238. The normalized spacial score (nSPS) is 14.8. The Kier molecular flexibility index (Phi) is 6.19. The molecule has 0 heterocycles. The molecule has 1 unspecified atom stereocenters. The lowest BCUT2D eigenvalue weighted by molar-refractivity contribution is -0.117. The number of hydrogen-bond donors (Lipinski definition) is 2. The molecule has 0 spiro atoms. The summed E-state index contributed by atoms with van der Waals surface area (Å²) in [6.45, 7) is 1.86. The van der Waals surface area contributed by atoms with E-state index in [9.17, 15) is 9.59 Å². The van der Waals surface area contributed by atoms with Gasteiger partial charge in [0.05, 0.1) is 6.04 Å². The van der Waals surface area contributed by atoms with Crippen LogP contribution in [0.2, 0.25) is 10.0 Å². The monoisotopic (exact) mass is 402 g/mol. The molecule has 2 aromatic rings. The summed E-state index contributed by atoms with van der Waals surface area (Å²) in [6.07, 6.45) is 5.27. The summed E-state index contributed by atoms with van der Waals surface area (Å²) in [5.74, 6) is -0.288. The van der Waals surface area contributed by atoms with Crippen LogP contribution in [0.5, 0.6) is 0 Å². The third kappa shape index (κ3) is 5.59. The molecule has 1 saturated carbocycles. The summed E-state index contributed by atoms with van der Waals surface area (Å²) in [5.41, 5.74) is 2.26. The highest BCUT2D eigenvalue weighted by atomic mass is 35.5. The number of rotatable bonds is 6. The lowest BCUT2D eigenvalue weighted by atomic mass is 10.1. The number of nitrogens with one attached hydrogen (secondary N) is 2. The summed E-state index contributed by atoms with van der Waals surface area (Å²) in [7, 11) is 0. The predicted octanol–water partition coefficient (Wildman–Crippen LogP) is 4.78. The van der Waals surface area contributed by atoms with Gasteiger partial charge in [0.2, 0.25) is 5.91 Å². The molecular formula is C21H20Cl2N2O2. The van der Waals surface area contributed by atoms with Crippen molar-refractivity contribution in [2.75, 3.05) is 0 Å². The van der Waals surface area contributed by atoms with Gasteiger partial charge in [-0.15, -0.1) is 0 Å². The minimum atomic E-state index is -0.250. The summed E-state index contributed by atoms with van der Waals surface area (Å²) in [6, 6.07) is 12.4. The van der Waals surface area contributed by atoms with Crippen molar-refractivity contribution in [1.82, 2.24) is 10.6 Å². The van der Waals surface area contributed by atoms with Crippen LogP contribution in [0.25, 0.3) is 6.08 Å². The number of carbonyl (C=O) groups is 2. The maximum atomic E-state index is 12.2. The Morgan fingerprint density at radius 3 is 2.44 bits per heavy atom. The second kappa shape index (κ2) is 8.59. The Morgan fingerprint density at radius 1 is 1.11 bits per heavy atom. The molecule has 140 valence electrons. The van der Waals surface area contributed by atoms with Gasteiger partial charge in [0, 0.05) is 27.7 Å². The van der Waals surface area contributed by atoms with Gasteiger partial charge in [-0.3, -0.25) is 9.59 Å². The van der Waals surface area contributed by atoms with Crippen LogP contribution < -0.4 is 10.6 Å². The smallest absolute Gasteiger partial charge is 0.251 e. The van der Waals surface area contributed by atoms with E-state index in [0.29, 0.717) is 21.7 Å². The highest BCUT2D eigenvalue weighted by Gasteiger charge is 2.23. The standard InChI is InChI=1S/C21H20Cl2N2O2/c1-13(18-10-7-16(22)12-19(18)23)24-20(26)11-4-14-2-5-15(6-3-14)21(27)25-17-8-9-17/h2-7,10-13,17H,8-9H2,1H3,(H,24,26)(H,25,27)/b11-4+. The molecule has 6 heteroatoms. The highest BCUT2D eigenvalue weighted by Crippen LogP contribution is 2.26. The van der Waals surface area contributed by atoms with E-state index in [0.717, 1.165) is 24.0 Å². The third-order valence-corrected chi connectivity index (χ3v) is 4.86. The Balaban J connectivity index is 1.56. The van der Waals surface area contributed by atoms with Crippen LogP contribution in [-0.2, 0) is 4.79 Å². The van der Waals surface area contributed by atoms with Crippen LogP contribution in [0, 0.1) is 0 Å². The Bertz CT molecular complexity index is 874. The molecule has 0 radical (unpaired) electrons. The second-order valence-corrected chi connectivity index (χ2v) is 7.44. The van der Waals surface area contributed by atoms with Gasteiger partial charge in [0.25, 0.3) is 5.91 Å². The molecule has 1 aliphatic rings. The second-order valence-electron chi connectivity index (χ2n) is 6.60. The molecule has 0 aliphatic heterocycles. The fourth-order valence-electron chi connectivity index (χ4n) is 2.61. The molecule has 1 fully saturated rings. The minimum absolute atomic E-state index is 0.0561. The van der Waals surface area contributed by atoms with Gasteiger partial charge in [-0.2, -0.15) is 0 Å². The van der Waals surface area contributed by atoms with Crippen LogP contribution in [0.3, 0.4) is 0 Å². The van der Waals surface area contributed by atoms with E-state index >= 15 is 0 Å². The maximum absolute atomic E-state index is 12.2. The first-order valence-corrected chi connectivity index (χ1v) is 9.52. The SMILES string of the molecule is CC(NC(=O)/C=C/c1ccc(C(=O)NC2CC2)cc1)c1ccc(Cl)cc1Cl. The van der Waals surface area contributed by atoms with Gasteiger partial charge in [-0.05, 0) is 61.2 Å². The van der Waals surface area contributed by atoms with E-state index in [1.54, 1.807) is 36.4 Å². The average molecular weight is 403 g/mol. The zero-order valence-corrected chi connectivity index (χ0v) is 16.3. The fourth-order valence-corrected chi connectivity index (χ4v) is 3.18. The van der Waals surface area contributed by atoms with E-state index in [-0.39, 0.29) is 17.9 Å². The lowest BCUT2D eigenvalue weighted by Gasteiger charge is -2.14. The van der Waals surface area contributed by atoms with Gasteiger partial charge in [-0.25, -0.2) is 0 Å². The summed E-state index contributed by atoms with van der Waals surface area (Å²) in [4.78, 5) is 24.1. The highest BCUT2D eigenvalue weighted by molar-refractivity contribution is 6.35. The van der Waals surface area contributed by atoms with Crippen molar-refractivity contribution >= 4 is 41.1 Å². The van der Waals surface area contributed by atoms with Crippen LogP contribution in [0.1, 0.15) is 47.3 Å². The molecular weight excluding hydrogens is 383 g/mol. The Hall–Kier alpha value is -2.30. The number of benzene rings is 2. The molecule has 4 nitrogen and oxygen atoms in total. The zero-order valence-electron chi connectivity index (χ0n) is 14.8. The van der Waals surface area contributed by atoms with E-state index in [2.05, 4.69) is 10.6 Å². The number of hydrogen-bond acceptors (Lipinski definition) is 2. The first-order valence-electron chi connectivity index (χ1n) is 8.77. The number of carbonyl (C=O) groups excluding carboxylic acids is 2. The van der Waals surface area contributed by atoms with Crippen LogP contribution in [0.4, 0.5) is 0 Å². The lowest BCUT2D eigenvalue weighted by Crippen LogP contribution is -2.25. The Labute approximate surface area is 168 Å². The van der Waals surface area contributed by atoms with E-state index in [4.69, 9.17) is 23.2 Å². The van der Waals surface area contributed by atoms with Crippen LogP contribution >= 0.6 is 23.2 Å². The molecule has 0 saturated heterocycles. The third-order valence-electron chi connectivity index (χ3n) is 4.30. The van der Waals surface area contributed by atoms with Crippen LogP contribution in [0.15, 0.2) is 48.5 Å². The van der Waals surface area contributed by atoms with E-state index in [1.807, 2.05) is 19.1 Å². The average Bonchev–Trinajstić information content (AvgIpc) is 3.44. The van der Waals surface area contributed by atoms with E-state index in [1.165, 1.54) is 6.08 Å². The topological polar surface area (TPSA) is 58.2 Å². The van der Waals surface area contributed by atoms with Gasteiger partial charge >= 0.3 is 0 Å². The molecule has 2 amide bonds. The first kappa shape index (κ1) is 19.5. The Morgan fingerprint density at radius 2 is 1.81 bits per heavy atom. The molecule has 27 heavy (non-hydrogen) atoms. The van der Waals surface area contributed by atoms with E-state index < -0.39 is 0 Å². The minimum Gasteiger partial charge on any atom is -0.349 e. The predicted molar refractivity (Wildman–Crippen MR) is 109 cm³/mol. The zero-order chi connectivity index (χ0) is 19.4. The molecule has 2 aromatic carbocycles. The molecule has 2 N–H and O–H groups in total. The molecule has 0 aromatic heterocycles. The van der Waals surface area contributed by atoms with Crippen molar-refractivity contribution in [2.24, 2.45) is 0 Å². The van der Waals surface area contributed by atoms with Gasteiger partial charge < -0.3 is 10.6 Å². The van der Waals surface area contributed by atoms with Gasteiger partial charge in [0.1, 0.15) is 0 Å². The quantitative estimate of drug-likeness (QED) is 0.683. The van der Waals surface area contributed by atoms with Crippen molar-refractivity contribution in [1.29, 1.82) is 0 Å². The van der Waals surface area contributed by atoms with Crippen molar-refractivity contribution in [3.63, 3.8) is 0 Å². The molecule has 3 rings (SSSR count). The number of halogens is 2. The van der Waals surface area contributed by atoms with Gasteiger partial charge in [0.15, 0.2) is 0 Å². The van der Waals surface area contributed by atoms with Crippen molar-refractivity contribution in [2.45, 2.75) is 31.8 Å². The molecule has 1 aliphatic carbocycles. The van der Waals surface area contributed by atoms with Crippen LogP contribution in [-0.4, -0.2) is 17.9 Å².